The standard InChI is InChI=1S/C8H18N2O2S.C7H9NO.3CH4/c1-7-3-4-8(5-9-7)6-10-13(2,11)12;1-6-2-3-7(5-9)4-8-6;;;/h7-10H,3-6H2,1-2H3;2-4,9H,5H2,1H3;3*1H4. The fourth-order valence-electron chi connectivity index (χ4n) is 2.09. The van der Waals surface area contributed by atoms with Gasteiger partial charge in [-0.05, 0) is 50.8 Å². The number of piperidine rings is 1. The van der Waals surface area contributed by atoms with Crippen molar-refractivity contribution < 1.29 is 13.5 Å². The van der Waals surface area contributed by atoms with E-state index in [-0.39, 0.29) is 28.9 Å². The van der Waals surface area contributed by atoms with Crippen LogP contribution in [0.15, 0.2) is 18.3 Å². The third-order valence-corrected chi connectivity index (χ3v) is 4.24. The van der Waals surface area contributed by atoms with Crippen molar-refractivity contribution in [2.75, 3.05) is 19.3 Å². The zero-order chi connectivity index (χ0) is 16.6. The summed E-state index contributed by atoms with van der Waals surface area (Å²) in [6.45, 7) is 5.64. The molecule has 1 fully saturated rings. The van der Waals surface area contributed by atoms with Crippen LogP contribution in [0.4, 0.5) is 0 Å². The third kappa shape index (κ3) is 13.9. The first-order valence-corrected chi connectivity index (χ1v) is 9.39. The summed E-state index contributed by atoms with van der Waals surface area (Å²) in [5.74, 6) is 0.450. The molecular formula is C18H39N3O3S. The number of aryl methyl sites for hydroxylation is 1. The van der Waals surface area contributed by atoms with Gasteiger partial charge < -0.3 is 10.4 Å². The van der Waals surface area contributed by atoms with E-state index in [1.165, 1.54) is 6.26 Å². The SMILES string of the molecule is C.C.C.CC1CCC(CNS(C)(=O)=O)CN1.Cc1ccc(CO)cn1. The Balaban J connectivity index is -0.000000362. The van der Waals surface area contributed by atoms with Crippen molar-refractivity contribution in [3.63, 3.8) is 0 Å². The quantitative estimate of drug-likeness (QED) is 0.750. The van der Waals surface area contributed by atoms with Crippen LogP contribution in [-0.4, -0.2) is 43.9 Å². The van der Waals surface area contributed by atoms with E-state index < -0.39 is 10.0 Å². The second-order valence-electron chi connectivity index (χ2n) is 5.84. The topological polar surface area (TPSA) is 91.3 Å². The lowest BCUT2D eigenvalue weighted by Crippen LogP contribution is -2.41. The van der Waals surface area contributed by atoms with Crippen molar-refractivity contribution in [1.82, 2.24) is 15.0 Å². The third-order valence-electron chi connectivity index (χ3n) is 3.55. The fraction of sp³-hybridized carbons (Fsp3) is 0.722. The predicted molar refractivity (Wildman–Crippen MR) is 108 cm³/mol. The molecule has 0 aromatic carbocycles. The summed E-state index contributed by atoms with van der Waals surface area (Å²) in [6.07, 6.45) is 5.12. The van der Waals surface area contributed by atoms with Crippen LogP contribution >= 0.6 is 0 Å². The second-order valence-corrected chi connectivity index (χ2v) is 7.67. The molecule has 1 aliphatic heterocycles. The van der Waals surface area contributed by atoms with E-state index >= 15 is 0 Å². The number of pyridine rings is 1. The number of sulfonamides is 1. The molecule has 25 heavy (non-hydrogen) atoms. The first-order valence-electron chi connectivity index (χ1n) is 7.50. The lowest BCUT2D eigenvalue weighted by atomic mass is 9.96. The van der Waals surface area contributed by atoms with Crippen molar-refractivity contribution in [1.29, 1.82) is 0 Å². The molecule has 0 spiro atoms. The summed E-state index contributed by atoms with van der Waals surface area (Å²) in [5, 5.41) is 11.9. The molecule has 2 unspecified atom stereocenters. The molecule has 1 aromatic heterocycles. The van der Waals surface area contributed by atoms with E-state index in [9.17, 15) is 8.42 Å². The van der Waals surface area contributed by atoms with Crippen LogP contribution in [0.5, 0.6) is 0 Å². The van der Waals surface area contributed by atoms with Gasteiger partial charge in [-0.1, -0.05) is 28.3 Å². The normalized spacial score (nSPS) is 19.2. The zero-order valence-electron chi connectivity index (χ0n) is 13.5. The van der Waals surface area contributed by atoms with Gasteiger partial charge in [-0.25, -0.2) is 13.1 Å². The number of hydrogen-bond donors (Lipinski definition) is 3. The molecule has 0 radical (unpaired) electrons. The molecule has 0 amide bonds. The molecule has 1 aliphatic rings. The zero-order valence-corrected chi connectivity index (χ0v) is 14.4. The molecule has 0 bridgehead atoms. The summed E-state index contributed by atoms with van der Waals surface area (Å²) in [5.41, 5.74) is 1.84. The Bertz CT molecular complexity index is 525. The molecule has 2 heterocycles. The molecule has 2 atom stereocenters. The number of nitrogens with one attached hydrogen (secondary N) is 2. The molecule has 7 heteroatoms. The minimum atomic E-state index is -3.01. The maximum Gasteiger partial charge on any atom is 0.208 e. The van der Waals surface area contributed by atoms with Crippen molar-refractivity contribution in [3.05, 3.63) is 29.6 Å². The Morgan fingerprint density at radius 2 is 1.92 bits per heavy atom. The Morgan fingerprint density at radius 3 is 2.32 bits per heavy atom. The minimum Gasteiger partial charge on any atom is -0.392 e. The number of nitrogens with zero attached hydrogens (tertiary/aromatic N) is 1. The van der Waals surface area contributed by atoms with Crippen molar-refractivity contribution in [3.8, 4) is 0 Å². The molecule has 1 aromatic rings. The maximum absolute atomic E-state index is 10.8. The molecule has 3 N–H and O–H groups in total. The van der Waals surface area contributed by atoms with Crippen LogP contribution in [0, 0.1) is 12.8 Å². The van der Waals surface area contributed by atoms with Gasteiger partial charge in [0.05, 0.1) is 12.9 Å². The van der Waals surface area contributed by atoms with Crippen LogP contribution in [0.25, 0.3) is 0 Å². The number of aliphatic hydroxyl groups is 1. The van der Waals surface area contributed by atoms with E-state index in [1.54, 1.807) is 6.20 Å². The van der Waals surface area contributed by atoms with Crippen molar-refractivity contribution in [2.45, 2.75) is 61.6 Å². The van der Waals surface area contributed by atoms with Crippen LogP contribution < -0.4 is 10.0 Å². The van der Waals surface area contributed by atoms with Gasteiger partial charge >= 0.3 is 0 Å². The molecule has 0 aliphatic carbocycles. The van der Waals surface area contributed by atoms with E-state index in [1.807, 2.05) is 19.1 Å². The summed E-state index contributed by atoms with van der Waals surface area (Å²) < 4.78 is 24.2. The Morgan fingerprint density at radius 1 is 1.28 bits per heavy atom. The Labute approximate surface area is 155 Å². The summed E-state index contributed by atoms with van der Waals surface area (Å²) >= 11 is 0. The minimum absolute atomic E-state index is 0. The monoisotopic (exact) mass is 377 g/mol. The summed E-state index contributed by atoms with van der Waals surface area (Å²) in [4.78, 5) is 3.99. The molecule has 6 nitrogen and oxygen atoms in total. The average Bonchev–Trinajstić information content (AvgIpc) is 2.47. The smallest absolute Gasteiger partial charge is 0.208 e. The lowest BCUT2D eigenvalue weighted by molar-refractivity contribution is 0.281. The van der Waals surface area contributed by atoms with Crippen LogP contribution in [0.2, 0.25) is 0 Å². The highest BCUT2D eigenvalue weighted by Crippen LogP contribution is 2.12. The van der Waals surface area contributed by atoms with Crippen LogP contribution in [0.3, 0.4) is 0 Å². The second kappa shape index (κ2) is 14.2. The van der Waals surface area contributed by atoms with Gasteiger partial charge in [-0.15, -0.1) is 0 Å². The van der Waals surface area contributed by atoms with Gasteiger partial charge in [-0.3, -0.25) is 4.98 Å². The fourth-order valence-corrected chi connectivity index (χ4v) is 2.63. The number of aliphatic hydroxyl groups excluding tert-OH is 1. The van der Waals surface area contributed by atoms with Crippen molar-refractivity contribution >= 4 is 10.0 Å². The van der Waals surface area contributed by atoms with E-state index in [2.05, 4.69) is 21.9 Å². The first kappa shape index (κ1) is 28.8. The molecule has 0 saturated carbocycles. The predicted octanol–water partition coefficient (Wildman–Crippen LogP) is 2.71. The summed E-state index contributed by atoms with van der Waals surface area (Å²) in [6, 6.07) is 4.32. The highest BCUT2D eigenvalue weighted by Gasteiger charge is 2.18. The largest absolute Gasteiger partial charge is 0.392 e. The molecule has 150 valence electrons. The van der Waals surface area contributed by atoms with Gasteiger partial charge in [0, 0.05) is 24.5 Å². The lowest BCUT2D eigenvalue weighted by Gasteiger charge is -2.27. The average molecular weight is 378 g/mol. The van der Waals surface area contributed by atoms with Gasteiger partial charge in [0.2, 0.25) is 10.0 Å². The Hall–Kier alpha value is -1.02. The molecule has 1 saturated heterocycles. The van der Waals surface area contributed by atoms with E-state index in [0.29, 0.717) is 18.5 Å². The number of rotatable bonds is 4. The number of aromatic nitrogens is 1. The number of hydrogen-bond acceptors (Lipinski definition) is 5. The molecule has 2 rings (SSSR count). The Kier molecular flexibility index (Phi) is 16.3. The maximum atomic E-state index is 10.8. The summed E-state index contributed by atoms with van der Waals surface area (Å²) in [7, 11) is -3.01. The van der Waals surface area contributed by atoms with Gasteiger partial charge in [0.25, 0.3) is 0 Å². The van der Waals surface area contributed by atoms with E-state index in [0.717, 1.165) is 30.6 Å². The van der Waals surface area contributed by atoms with E-state index in [4.69, 9.17) is 5.11 Å². The first-order chi connectivity index (χ1) is 10.3. The van der Waals surface area contributed by atoms with Gasteiger partial charge in [0.15, 0.2) is 0 Å². The highest BCUT2D eigenvalue weighted by molar-refractivity contribution is 7.88. The van der Waals surface area contributed by atoms with Crippen LogP contribution in [-0.2, 0) is 16.6 Å². The highest BCUT2D eigenvalue weighted by atomic mass is 32.2. The van der Waals surface area contributed by atoms with Gasteiger partial charge in [-0.2, -0.15) is 0 Å². The van der Waals surface area contributed by atoms with Crippen molar-refractivity contribution in [2.24, 2.45) is 5.92 Å². The molecular weight excluding hydrogens is 338 g/mol. The van der Waals surface area contributed by atoms with Gasteiger partial charge in [0.1, 0.15) is 0 Å². The van der Waals surface area contributed by atoms with Crippen LogP contribution in [0.1, 0.15) is 53.3 Å².